The van der Waals surface area contributed by atoms with Gasteiger partial charge < -0.3 is 10.1 Å². The van der Waals surface area contributed by atoms with E-state index in [9.17, 15) is 9.59 Å². The van der Waals surface area contributed by atoms with Gasteiger partial charge in [0.05, 0.1) is 17.9 Å². The number of nitrogens with one attached hydrogen (secondary N) is 1. The molecule has 0 radical (unpaired) electrons. The average molecular weight is 301 g/mol. The summed E-state index contributed by atoms with van der Waals surface area (Å²) in [6.45, 7) is 5.58. The van der Waals surface area contributed by atoms with Crippen molar-refractivity contribution < 1.29 is 14.3 Å². The summed E-state index contributed by atoms with van der Waals surface area (Å²) in [4.78, 5) is 24.8. The summed E-state index contributed by atoms with van der Waals surface area (Å²) in [7, 11) is 0. The quantitative estimate of drug-likeness (QED) is 0.684. The number of hydrogen-bond acceptors (Lipinski definition) is 3. The first-order valence-corrected chi connectivity index (χ1v) is 7.71. The van der Waals surface area contributed by atoms with Crippen LogP contribution in [0.25, 0.3) is 0 Å². The smallest absolute Gasteiger partial charge is 0.310 e. The van der Waals surface area contributed by atoms with Gasteiger partial charge in [-0.25, -0.2) is 0 Å². The number of rotatable bonds is 4. The Morgan fingerprint density at radius 2 is 1.77 bits per heavy atom. The third-order valence-corrected chi connectivity index (χ3v) is 3.83. The molecule has 0 saturated carbocycles. The van der Waals surface area contributed by atoms with Gasteiger partial charge in [-0.1, -0.05) is 30.4 Å². The number of anilines is 1. The highest BCUT2D eigenvalue weighted by atomic mass is 16.5. The fraction of sp³-hybridized carbons (Fsp3) is 0.444. The van der Waals surface area contributed by atoms with Crippen molar-refractivity contribution in [1.82, 2.24) is 0 Å². The second-order valence-corrected chi connectivity index (χ2v) is 5.95. The fourth-order valence-electron chi connectivity index (χ4n) is 2.62. The Hall–Kier alpha value is -2.10. The van der Waals surface area contributed by atoms with Gasteiger partial charge in [0.2, 0.25) is 5.91 Å². The van der Waals surface area contributed by atoms with Gasteiger partial charge in [0.25, 0.3) is 0 Å². The molecular weight excluding hydrogens is 278 g/mol. The highest BCUT2D eigenvalue weighted by Crippen LogP contribution is 2.29. The molecule has 2 rings (SSSR count). The summed E-state index contributed by atoms with van der Waals surface area (Å²) < 4.78 is 5.29. The fourth-order valence-corrected chi connectivity index (χ4v) is 2.62. The van der Waals surface area contributed by atoms with Crippen molar-refractivity contribution in [3.05, 3.63) is 42.0 Å². The highest BCUT2D eigenvalue weighted by molar-refractivity contribution is 5.96. The van der Waals surface area contributed by atoms with Gasteiger partial charge in [0.15, 0.2) is 0 Å². The largest absolute Gasteiger partial charge is 0.463 e. The van der Waals surface area contributed by atoms with E-state index in [2.05, 4.69) is 5.32 Å². The minimum Gasteiger partial charge on any atom is -0.463 e. The van der Waals surface area contributed by atoms with Crippen LogP contribution in [0, 0.1) is 18.8 Å². The third-order valence-electron chi connectivity index (χ3n) is 3.83. The lowest BCUT2D eigenvalue weighted by Gasteiger charge is -2.27. The van der Waals surface area contributed by atoms with Gasteiger partial charge >= 0.3 is 5.97 Å². The Balaban J connectivity index is 2.10. The summed E-state index contributed by atoms with van der Waals surface area (Å²) in [6, 6.07) is 7.62. The lowest BCUT2D eigenvalue weighted by molar-refractivity contribution is -0.156. The molecule has 1 aliphatic rings. The van der Waals surface area contributed by atoms with E-state index in [0.29, 0.717) is 12.8 Å². The van der Waals surface area contributed by atoms with Crippen molar-refractivity contribution in [2.45, 2.75) is 39.7 Å². The molecule has 1 amide bonds. The van der Waals surface area contributed by atoms with Crippen molar-refractivity contribution in [2.75, 3.05) is 5.32 Å². The number of ether oxygens (including phenoxy) is 1. The lowest BCUT2D eigenvalue weighted by atomic mass is 9.82. The van der Waals surface area contributed by atoms with Gasteiger partial charge in [-0.3, -0.25) is 9.59 Å². The van der Waals surface area contributed by atoms with Gasteiger partial charge in [0, 0.05) is 5.69 Å². The predicted octanol–water partition coefficient (Wildman–Crippen LogP) is 3.47. The van der Waals surface area contributed by atoms with Crippen molar-refractivity contribution in [3.63, 3.8) is 0 Å². The second kappa shape index (κ2) is 7.25. The van der Waals surface area contributed by atoms with E-state index < -0.39 is 5.92 Å². The molecule has 0 heterocycles. The first-order valence-electron chi connectivity index (χ1n) is 7.71. The van der Waals surface area contributed by atoms with Gasteiger partial charge in [-0.2, -0.15) is 0 Å². The van der Waals surface area contributed by atoms with Crippen LogP contribution in [0.5, 0.6) is 0 Å². The van der Waals surface area contributed by atoms with Crippen LogP contribution in [0.4, 0.5) is 5.69 Å². The van der Waals surface area contributed by atoms with Gasteiger partial charge in [-0.05, 0) is 45.2 Å². The van der Waals surface area contributed by atoms with Crippen molar-refractivity contribution in [3.8, 4) is 0 Å². The van der Waals surface area contributed by atoms with Crippen LogP contribution in [-0.4, -0.2) is 18.0 Å². The maximum Gasteiger partial charge on any atom is 0.310 e. The molecule has 22 heavy (non-hydrogen) atoms. The van der Waals surface area contributed by atoms with Crippen LogP contribution in [0.3, 0.4) is 0 Å². The highest BCUT2D eigenvalue weighted by Gasteiger charge is 2.35. The first-order chi connectivity index (χ1) is 10.5. The normalized spacial score (nSPS) is 20.7. The number of carbonyl (C=O) groups excluding carboxylic acids is 2. The van der Waals surface area contributed by atoms with Crippen LogP contribution in [-0.2, 0) is 14.3 Å². The van der Waals surface area contributed by atoms with Crippen molar-refractivity contribution in [2.24, 2.45) is 11.8 Å². The summed E-state index contributed by atoms with van der Waals surface area (Å²) in [6.07, 6.45) is 4.86. The number of amides is 1. The molecule has 118 valence electrons. The van der Waals surface area contributed by atoms with E-state index in [1.165, 1.54) is 0 Å². The predicted molar refractivity (Wildman–Crippen MR) is 86.4 cm³/mol. The second-order valence-electron chi connectivity index (χ2n) is 5.95. The summed E-state index contributed by atoms with van der Waals surface area (Å²) in [5.74, 6) is -1.19. The van der Waals surface area contributed by atoms with Crippen LogP contribution in [0.2, 0.25) is 0 Å². The minimum atomic E-state index is -0.406. The Kier molecular flexibility index (Phi) is 5.36. The molecule has 1 aliphatic carbocycles. The number of hydrogen-bond donors (Lipinski definition) is 1. The molecule has 0 saturated heterocycles. The van der Waals surface area contributed by atoms with E-state index >= 15 is 0 Å². The first kappa shape index (κ1) is 16.3. The van der Waals surface area contributed by atoms with E-state index in [-0.39, 0.29) is 23.9 Å². The molecule has 2 unspecified atom stereocenters. The molecule has 0 fully saturated rings. The van der Waals surface area contributed by atoms with Crippen molar-refractivity contribution >= 4 is 17.6 Å². The van der Waals surface area contributed by atoms with Crippen LogP contribution < -0.4 is 5.32 Å². The average Bonchev–Trinajstić information content (AvgIpc) is 2.49. The maximum absolute atomic E-state index is 12.6. The Labute approximate surface area is 131 Å². The SMILES string of the molecule is Cc1ccccc1NC(=O)C1CC=CCC1C(=O)OC(C)C. The molecule has 0 aliphatic heterocycles. The molecule has 1 aromatic rings. The van der Waals surface area contributed by atoms with Crippen LogP contribution >= 0.6 is 0 Å². The number of para-hydroxylation sites is 1. The zero-order valence-electron chi connectivity index (χ0n) is 13.3. The summed E-state index contributed by atoms with van der Waals surface area (Å²) in [5, 5.41) is 2.94. The number of esters is 1. The minimum absolute atomic E-state index is 0.121. The zero-order chi connectivity index (χ0) is 16.1. The molecule has 1 aromatic carbocycles. The molecule has 0 bridgehead atoms. The number of benzene rings is 1. The molecule has 2 atom stereocenters. The third kappa shape index (κ3) is 3.97. The zero-order valence-corrected chi connectivity index (χ0v) is 13.3. The summed E-state index contributed by atoms with van der Waals surface area (Å²) >= 11 is 0. The van der Waals surface area contributed by atoms with E-state index in [0.717, 1.165) is 11.3 Å². The monoisotopic (exact) mass is 301 g/mol. The van der Waals surface area contributed by atoms with Crippen LogP contribution in [0.1, 0.15) is 32.3 Å². The van der Waals surface area contributed by atoms with Crippen molar-refractivity contribution in [1.29, 1.82) is 0 Å². The molecule has 0 spiro atoms. The van der Waals surface area contributed by atoms with Gasteiger partial charge in [0.1, 0.15) is 0 Å². The molecule has 0 aromatic heterocycles. The van der Waals surface area contributed by atoms with Crippen LogP contribution in [0.15, 0.2) is 36.4 Å². The number of carbonyl (C=O) groups is 2. The van der Waals surface area contributed by atoms with E-state index in [4.69, 9.17) is 4.74 Å². The Morgan fingerprint density at radius 1 is 1.14 bits per heavy atom. The number of allylic oxidation sites excluding steroid dienone is 2. The molecule has 4 heteroatoms. The van der Waals surface area contributed by atoms with E-state index in [1.54, 1.807) is 0 Å². The Bertz CT molecular complexity index is 577. The standard InChI is InChI=1S/C18H23NO3/c1-12(2)22-18(21)15-10-6-5-9-14(15)17(20)19-16-11-7-4-8-13(16)3/h4-8,11-12,14-15H,9-10H2,1-3H3,(H,19,20). The molecular formula is C18H23NO3. The summed E-state index contributed by atoms with van der Waals surface area (Å²) in [5.41, 5.74) is 1.79. The van der Waals surface area contributed by atoms with E-state index in [1.807, 2.05) is 57.2 Å². The van der Waals surface area contributed by atoms with Gasteiger partial charge in [-0.15, -0.1) is 0 Å². The maximum atomic E-state index is 12.6. The topological polar surface area (TPSA) is 55.4 Å². The molecule has 1 N–H and O–H groups in total. The molecule has 4 nitrogen and oxygen atoms in total. The number of aryl methyl sites for hydroxylation is 1. The Morgan fingerprint density at radius 3 is 2.41 bits per heavy atom. The lowest BCUT2D eigenvalue weighted by Crippen LogP contribution is -2.36.